The highest BCUT2D eigenvalue weighted by Gasteiger charge is 2.13. The third-order valence-electron chi connectivity index (χ3n) is 3.29. The van der Waals surface area contributed by atoms with Crippen LogP contribution in [0, 0.1) is 10.1 Å². The van der Waals surface area contributed by atoms with Crippen molar-refractivity contribution >= 4 is 5.69 Å². The van der Waals surface area contributed by atoms with Gasteiger partial charge in [0.2, 0.25) is 0 Å². The molecule has 5 heteroatoms. The van der Waals surface area contributed by atoms with Gasteiger partial charge in [-0.1, -0.05) is 25.3 Å². The Morgan fingerprint density at radius 2 is 2.00 bits per heavy atom. The molecular weight excluding hydrogens is 246 g/mol. The lowest BCUT2D eigenvalue weighted by molar-refractivity contribution is -0.384. The van der Waals surface area contributed by atoms with E-state index in [1.807, 2.05) is 0 Å². The third-order valence-corrected chi connectivity index (χ3v) is 3.29. The predicted molar refractivity (Wildman–Crippen MR) is 71.4 cm³/mol. The van der Waals surface area contributed by atoms with Crippen LogP contribution in [0.15, 0.2) is 24.3 Å². The smallest absolute Gasteiger partial charge is 0.273 e. The third kappa shape index (κ3) is 4.52. The summed E-state index contributed by atoms with van der Waals surface area (Å²) in [6, 6.07) is 6.22. The largest absolute Gasteiger partial charge is 0.491 e. The maximum atomic E-state index is 10.6. The number of hydrogen-bond donors (Lipinski definition) is 0. The summed E-state index contributed by atoms with van der Waals surface area (Å²) < 4.78 is 11.2. The number of nitro benzene ring substituents is 1. The van der Waals surface area contributed by atoms with Crippen LogP contribution in [-0.2, 0) is 4.74 Å². The second-order valence-corrected chi connectivity index (χ2v) is 4.73. The van der Waals surface area contributed by atoms with Crippen LogP contribution in [0.3, 0.4) is 0 Å². The molecule has 5 nitrogen and oxygen atoms in total. The van der Waals surface area contributed by atoms with E-state index in [2.05, 4.69) is 0 Å². The van der Waals surface area contributed by atoms with Gasteiger partial charge in [0, 0.05) is 6.07 Å². The highest BCUT2D eigenvalue weighted by molar-refractivity contribution is 5.37. The first kappa shape index (κ1) is 13.8. The van der Waals surface area contributed by atoms with E-state index in [4.69, 9.17) is 9.47 Å². The van der Waals surface area contributed by atoms with E-state index in [1.54, 1.807) is 12.1 Å². The van der Waals surface area contributed by atoms with Crippen molar-refractivity contribution in [2.24, 2.45) is 0 Å². The fourth-order valence-electron chi connectivity index (χ4n) is 2.29. The Kier molecular flexibility index (Phi) is 5.15. The highest BCUT2D eigenvalue weighted by atomic mass is 16.6. The molecule has 1 saturated carbocycles. The van der Waals surface area contributed by atoms with Gasteiger partial charge in [0.25, 0.3) is 5.69 Å². The minimum Gasteiger partial charge on any atom is -0.491 e. The van der Waals surface area contributed by atoms with Crippen LogP contribution >= 0.6 is 0 Å². The van der Waals surface area contributed by atoms with Gasteiger partial charge in [0.15, 0.2) is 0 Å². The van der Waals surface area contributed by atoms with Crippen molar-refractivity contribution in [2.45, 2.75) is 38.2 Å². The Morgan fingerprint density at radius 3 is 2.74 bits per heavy atom. The number of rotatable bonds is 6. The average molecular weight is 265 g/mol. The van der Waals surface area contributed by atoms with Crippen molar-refractivity contribution < 1.29 is 14.4 Å². The molecule has 0 atom stereocenters. The minimum absolute atomic E-state index is 0.0469. The zero-order valence-corrected chi connectivity index (χ0v) is 10.9. The van der Waals surface area contributed by atoms with E-state index in [-0.39, 0.29) is 5.69 Å². The van der Waals surface area contributed by atoms with Gasteiger partial charge in [-0.2, -0.15) is 0 Å². The van der Waals surface area contributed by atoms with Crippen LogP contribution < -0.4 is 4.74 Å². The maximum Gasteiger partial charge on any atom is 0.273 e. The molecule has 0 heterocycles. The molecule has 19 heavy (non-hydrogen) atoms. The predicted octanol–water partition coefficient (Wildman–Crippen LogP) is 3.32. The van der Waals surface area contributed by atoms with Crippen LogP contribution in [0.1, 0.15) is 32.1 Å². The lowest BCUT2D eigenvalue weighted by Crippen LogP contribution is -2.19. The van der Waals surface area contributed by atoms with E-state index in [9.17, 15) is 10.1 Å². The number of nitro groups is 1. The summed E-state index contributed by atoms with van der Waals surface area (Å²) in [7, 11) is 0. The Hall–Kier alpha value is -1.62. The van der Waals surface area contributed by atoms with Crippen molar-refractivity contribution in [3.05, 3.63) is 34.4 Å². The Bertz CT molecular complexity index is 416. The number of benzene rings is 1. The summed E-state index contributed by atoms with van der Waals surface area (Å²) in [5, 5.41) is 10.6. The molecule has 0 radical (unpaired) electrons. The topological polar surface area (TPSA) is 61.6 Å². The van der Waals surface area contributed by atoms with Gasteiger partial charge < -0.3 is 9.47 Å². The molecule has 2 rings (SSSR count). The van der Waals surface area contributed by atoms with Crippen molar-refractivity contribution in [3.8, 4) is 5.75 Å². The van der Waals surface area contributed by atoms with Gasteiger partial charge in [-0.3, -0.25) is 10.1 Å². The van der Waals surface area contributed by atoms with E-state index in [0.717, 1.165) is 12.8 Å². The molecule has 0 saturated heterocycles. The molecule has 0 amide bonds. The van der Waals surface area contributed by atoms with Gasteiger partial charge >= 0.3 is 0 Å². The molecular formula is C14H19NO4. The quantitative estimate of drug-likeness (QED) is 0.449. The van der Waals surface area contributed by atoms with E-state index >= 15 is 0 Å². The second kappa shape index (κ2) is 7.09. The SMILES string of the molecule is O=[N+]([O-])c1cccc(OCCOC2CCCCC2)c1. The fraction of sp³-hybridized carbons (Fsp3) is 0.571. The number of non-ortho nitro benzene ring substituents is 1. The summed E-state index contributed by atoms with van der Waals surface area (Å²) >= 11 is 0. The summed E-state index contributed by atoms with van der Waals surface area (Å²) in [4.78, 5) is 10.2. The standard InChI is InChI=1S/C14H19NO4/c16-15(17)12-5-4-8-14(11-12)19-10-9-18-13-6-2-1-3-7-13/h4-5,8,11,13H,1-3,6-7,9-10H2. The Balaban J connectivity index is 1.70. The summed E-state index contributed by atoms with van der Waals surface area (Å²) in [6.07, 6.45) is 6.44. The van der Waals surface area contributed by atoms with Gasteiger partial charge in [-0.15, -0.1) is 0 Å². The molecule has 104 valence electrons. The Morgan fingerprint density at radius 1 is 1.21 bits per heavy atom. The monoisotopic (exact) mass is 265 g/mol. The van der Waals surface area contributed by atoms with Crippen LogP contribution in [0.4, 0.5) is 5.69 Å². The van der Waals surface area contributed by atoms with Crippen molar-refractivity contribution in [2.75, 3.05) is 13.2 Å². The van der Waals surface area contributed by atoms with Gasteiger partial charge in [0.05, 0.1) is 23.7 Å². The van der Waals surface area contributed by atoms with Crippen molar-refractivity contribution in [1.29, 1.82) is 0 Å². The van der Waals surface area contributed by atoms with Crippen LogP contribution in [0.2, 0.25) is 0 Å². The second-order valence-electron chi connectivity index (χ2n) is 4.73. The summed E-state index contributed by atoms with van der Waals surface area (Å²) in [6.45, 7) is 0.963. The molecule has 1 aromatic carbocycles. The fourth-order valence-corrected chi connectivity index (χ4v) is 2.29. The minimum atomic E-state index is -0.425. The molecule has 0 aliphatic heterocycles. The molecule has 1 aliphatic rings. The molecule has 0 spiro atoms. The zero-order chi connectivity index (χ0) is 13.5. The van der Waals surface area contributed by atoms with E-state index < -0.39 is 4.92 Å². The summed E-state index contributed by atoms with van der Waals surface area (Å²) in [5.41, 5.74) is 0.0469. The molecule has 1 aromatic rings. The first-order chi connectivity index (χ1) is 9.25. The van der Waals surface area contributed by atoms with Crippen molar-refractivity contribution in [3.63, 3.8) is 0 Å². The normalized spacial score (nSPS) is 16.2. The lowest BCUT2D eigenvalue weighted by atomic mass is 9.98. The van der Waals surface area contributed by atoms with Gasteiger partial charge in [-0.25, -0.2) is 0 Å². The molecule has 1 fully saturated rings. The Labute approximate surface area is 112 Å². The zero-order valence-electron chi connectivity index (χ0n) is 10.9. The van der Waals surface area contributed by atoms with Crippen LogP contribution in [-0.4, -0.2) is 24.2 Å². The molecule has 0 N–H and O–H groups in total. The molecule has 0 aromatic heterocycles. The number of hydrogen-bond acceptors (Lipinski definition) is 4. The van der Waals surface area contributed by atoms with Gasteiger partial charge in [-0.05, 0) is 18.9 Å². The molecule has 1 aliphatic carbocycles. The van der Waals surface area contributed by atoms with Crippen molar-refractivity contribution in [1.82, 2.24) is 0 Å². The number of ether oxygens (including phenoxy) is 2. The first-order valence-electron chi connectivity index (χ1n) is 6.74. The van der Waals surface area contributed by atoms with Crippen LogP contribution in [0.5, 0.6) is 5.75 Å². The average Bonchev–Trinajstić information content (AvgIpc) is 2.45. The number of nitrogens with zero attached hydrogens (tertiary/aromatic N) is 1. The van der Waals surface area contributed by atoms with E-state index in [0.29, 0.717) is 25.1 Å². The summed E-state index contributed by atoms with van der Waals surface area (Å²) in [5.74, 6) is 0.515. The van der Waals surface area contributed by atoms with Crippen LogP contribution in [0.25, 0.3) is 0 Å². The van der Waals surface area contributed by atoms with Gasteiger partial charge in [0.1, 0.15) is 12.4 Å². The maximum absolute atomic E-state index is 10.6. The molecule has 0 bridgehead atoms. The van der Waals surface area contributed by atoms with E-state index in [1.165, 1.54) is 31.4 Å². The highest BCUT2D eigenvalue weighted by Crippen LogP contribution is 2.21. The lowest BCUT2D eigenvalue weighted by Gasteiger charge is -2.21. The first-order valence-corrected chi connectivity index (χ1v) is 6.74. The molecule has 0 unspecified atom stereocenters.